The minimum Gasteiger partial charge on any atom is -0.450 e. The SMILES string of the molecule is CCOC(=O)NC(CNC(=O)c1cccc(C)c1I)CC(C)C. The summed E-state index contributed by atoms with van der Waals surface area (Å²) in [5.74, 6) is 0.274. The Bertz CT molecular complexity index is 547. The molecule has 1 aromatic carbocycles. The van der Waals surface area contributed by atoms with Crippen LogP contribution in [0.25, 0.3) is 0 Å². The first kappa shape index (κ1) is 19.7. The van der Waals surface area contributed by atoms with Gasteiger partial charge in [-0.3, -0.25) is 4.79 Å². The minimum atomic E-state index is -0.447. The van der Waals surface area contributed by atoms with Crippen LogP contribution in [-0.4, -0.2) is 31.2 Å². The first-order valence-corrected chi connectivity index (χ1v) is 8.89. The number of hydrogen-bond donors (Lipinski definition) is 2. The molecule has 1 rings (SSSR count). The van der Waals surface area contributed by atoms with Crippen LogP contribution in [0.4, 0.5) is 4.79 Å². The molecular weight excluding hydrogens is 407 g/mol. The van der Waals surface area contributed by atoms with Crippen LogP contribution < -0.4 is 10.6 Å². The second-order valence-electron chi connectivity index (χ2n) is 5.84. The summed E-state index contributed by atoms with van der Waals surface area (Å²) in [6.45, 7) is 8.59. The Kier molecular flexibility index (Phi) is 8.36. The van der Waals surface area contributed by atoms with Crippen LogP contribution in [0.1, 0.15) is 43.1 Å². The zero-order chi connectivity index (χ0) is 17.4. The van der Waals surface area contributed by atoms with E-state index in [4.69, 9.17) is 4.74 Å². The van der Waals surface area contributed by atoms with Crippen molar-refractivity contribution in [1.29, 1.82) is 0 Å². The van der Waals surface area contributed by atoms with Gasteiger partial charge in [0, 0.05) is 16.2 Å². The predicted octanol–water partition coefficient (Wildman–Crippen LogP) is 3.49. The third kappa shape index (κ3) is 6.76. The minimum absolute atomic E-state index is 0.127. The number of halogens is 1. The van der Waals surface area contributed by atoms with Gasteiger partial charge in [-0.25, -0.2) is 4.79 Å². The molecule has 0 bridgehead atoms. The molecule has 0 aliphatic carbocycles. The van der Waals surface area contributed by atoms with Gasteiger partial charge in [0.15, 0.2) is 0 Å². The van der Waals surface area contributed by atoms with Crippen LogP contribution in [0.2, 0.25) is 0 Å². The highest BCUT2D eigenvalue weighted by Gasteiger charge is 2.17. The van der Waals surface area contributed by atoms with E-state index in [1.165, 1.54) is 0 Å². The number of hydrogen-bond acceptors (Lipinski definition) is 3. The van der Waals surface area contributed by atoms with E-state index >= 15 is 0 Å². The number of amides is 2. The number of benzene rings is 1. The van der Waals surface area contributed by atoms with Gasteiger partial charge in [-0.05, 0) is 60.4 Å². The van der Waals surface area contributed by atoms with Crippen LogP contribution >= 0.6 is 22.6 Å². The molecule has 1 aromatic rings. The first-order valence-electron chi connectivity index (χ1n) is 7.81. The highest BCUT2D eigenvalue weighted by Crippen LogP contribution is 2.16. The number of rotatable bonds is 7. The molecule has 1 unspecified atom stereocenters. The molecule has 0 saturated carbocycles. The molecule has 2 amide bonds. The van der Waals surface area contributed by atoms with E-state index in [9.17, 15) is 9.59 Å². The number of carbonyl (C=O) groups excluding carboxylic acids is 2. The second-order valence-corrected chi connectivity index (χ2v) is 6.92. The van der Waals surface area contributed by atoms with Crippen molar-refractivity contribution in [3.05, 3.63) is 32.9 Å². The lowest BCUT2D eigenvalue weighted by molar-refractivity contribution is 0.0943. The molecule has 0 aromatic heterocycles. The third-order valence-corrected chi connectivity index (χ3v) is 4.73. The van der Waals surface area contributed by atoms with E-state index in [-0.39, 0.29) is 11.9 Å². The lowest BCUT2D eigenvalue weighted by atomic mass is 10.0. The summed E-state index contributed by atoms with van der Waals surface area (Å²) in [5.41, 5.74) is 1.73. The molecule has 23 heavy (non-hydrogen) atoms. The van der Waals surface area contributed by atoms with Gasteiger partial charge in [-0.1, -0.05) is 26.0 Å². The summed E-state index contributed by atoms with van der Waals surface area (Å²) in [6.07, 6.45) is 0.321. The fourth-order valence-corrected chi connectivity index (χ4v) is 2.84. The zero-order valence-corrected chi connectivity index (χ0v) is 16.3. The fraction of sp³-hybridized carbons (Fsp3) is 0.529. The molecule has 0 fully saturated rings. The average Bonchev–Trinajstić information content (AvgIpc) is 2.47. The highest BCUT2D eigenvalue weighted by molar-refractivity contribution is 14.1. The van der Waals surface area contributed by atoms with E-state index < -0.39 is 6.09 Å². The zero-order valence-electron chi connectivity index (χ0n) is 14.1. The van der Waals surface area contributed by atoms with Crippen LogP contribution in [-0.2, 0) is 4.74 Å². The maximum Gasteiger partial charge on any atom is 0.407 e. The van der Waals surface area contributed by atoms with E-state index in [0.29, 0.717) is 24.6 Å². The quantitative estimate of drug-likeness (QED) is 0.649. The van der Waals surface area contributed by atoms with E-state index in [0.717, 1.165) is 15.6 Å². The van der Waals surface area contributed by atoms with Gasteiger partial charge in [-0.15, -0.1) is 0 Å². The second kappa shape index (κ2) is 9.75. The lowest BCUT2D eigenvalue weighted by Gasteiger charge is -2.21. The topological polar surface area (TPSA) is 67.4 Å². The molecule has 2 N–H and O–H groups in total. The van der Waals surface area contributed by atoms with Gasteiger partial charge in [0.1, 0.15) is 0 Å². The number of ether oxygens (including phenoxy) is 1. The summed E-state index contributed by atoms with van der Waals surface area (Å²) in [4.78, 5) is 24.0. The smallest absolute Gasteiger partial charge is 0.407 e. The van der Waals surface area contributed by atoms with Crippen molar-refractivity contribution in [1.82, 2.24) is 10.6 Å². The predicted molar refractivity (Wildman–Crippen MR) is 99.6 cm³/mol. The molecule has 0 spiro atoms. The molecule has 0 radical (unpaired) electrons. The number of carbonyl (C=O) groups is 2. The summed E-state index contributed by atoms with van der Waals surface area (Å²) in [7, 11) is 0. The average molecular weight is 432 g/mol. The Hall–Kier alpha value is -1.31. The standard InChI is InChI=1S/C17H25IN2O3/c1-5-23-17(22)20-13(9-11(2)3)10-19-16(21)14-8-6-7-12(4)15(14)18/h6-8,11,13H,5,9-10H2,1-4H3,(H,19,21)(H,20,22). The monoisotopic (exact) mass is 432 g/mol. The molecule has 128 valence electrons. The number of aryl methyl sites for hydroxylation is 1. The lowest BCUT2D eigenvalue weighted by Crippen LogP contribution is -2.44. The van der Waals surface area contributed by atoms with Crippen LogP contribution in [0.15, 0.2) is 18.2 Å². The maximum atomic E-state index is 12.4. The molecular formula is C17H25IN2O3. The molecule has 0 heterocycles. The molecule has 0 aliphatic rings. The van der Waals surface area contributed by atoms with Gasteiger partial charge in [0.2, 0.25) is 0 Å². The number of alkyl carbamates (subject to hydrolysis) is 1. The maximum absolute atomic E-state index is 12.4. The fourth-order valence-electron chi connectivity index (χ4n) is 2.24. The van der Waals surface area contributed by atoms with Crippen molar-refractivity contribution in [3.63, 3.8) is 0 Å². The molecule has 0 aliphatic heterocycles. The first-order chi connectivity index (χ1) is 10.8. The van der Waals surface area contributed by atoms with E-state index in [1.54, 1.807) is 13.0 Å². The van der Waals surface area contributed by atoms with Crippen LogP contribution in [0.5, 0.6) is 0 Å². The van der Waals surface area contributed by atoms with E-state index in [2.05, 4.69) is 47.1 Å². The van der Waals surface area contributed by atoms with Crippen molar-refractivity contribution in [2.24, 2.45) is 5.92 Å². The third-order valence-electron chi connectivity index (χ3n) is 3.30. The van der Waals surface area contributed by atoms with Gasteiger partial charge in [0.25, 0.3) is 5.91 Å². The molecule has 1 atom stereocenters. The largest absolute Gasteiger partial charge is 0.450 e. The van der Waals surface area contributed by atoms with Crippen molar-refractivity contribution in [3.8, 4) is 0 Å². The number of nitrogens with one attached hydrogen (secondary N) is 2. The molecule has 0 saturated heterocycles. The van der Waals surface area contributed by atoms with Crippen molar-refractivity contribution >= 4 is 34.6 Å². The van der Waals surface area contributed by atoms with Gasteiger partial charge >= 0.3 is 6.09 Å². The van der Waals surface area contributed by atoms with Gasteiger partial charge < -0.3 is 15.4 Å². The van der Waals surface area contributed by atoms with Crippen LogP contribution in [0, 0.1) is 16.4 Å². The van der Waals surface area contributed by atoms with Gasteiger partial charge in [-0.2, -0.15) is 0 Å². The Morgan fingerprint density at radius 1 is 1.30 bits per heavy atom. The summed E-state index contributed by atoms with van der Waals surface area (Å²) in [6, 6.07) is 5.50. The Labute approximate surface area is 151 Å². The highest BCUT2D eigenvalue weighted by atomic mass is 127. The molecule has 5 nitrogen and oxygen atoms in total. The van der Waals surface area contributed by atoms with E-state index in [1.807, 2.05) is 19.1 Å². The van der Waals surface area contributed by atoms with Crippen molar-refractivity contribution in [2.45, 2.75) is 40.2 Å². The van der Waals surface area contributed by atoms with Gasteiger partial charge in [0.05, 0.1) is 12.2 Å². The van der Waals surface area contributed by atoms with Crippen LogP contribution in [0.3, 0.4) is 0 Å². The summed E-state index contributed by atoms with van der Waals surface area (Å²) in [5, 5.41) is 5.71. The normalized spacial score (nSPS) is 11.9. The Morgan fingerprint density at radius 3 is 2.61 bits per heavy atom. The summed E-state index contributed by atoms with van der Waals surface area (Å²) >= 11 is 2.18. The van der Waals surface area contributed by atoms with Crippen molar-refractivity contribution < 1.29 is 14.3 Å². The van der Waals surface area contributed by atoms with Crippen molar-refractivity contribution in [2.75, 3.05) is 13.2 Å². The Balaban J connectivity index is 2.67. The summed E-state index contributed by atoms with van der Waals surface area (Å²) < 4.78 is 5.86. The molecule has 6 heteroatoms. The Morgan fingerprint density at radius 2 is 2.00 bits per heavy atom.